The molecule has 0 spiro atoms. The van der Waals surface area contributed by atoms with Crippen molar-refractivity contribution in [3.8, 4) is 22.5 Å². The molecule has 10 nitrogen and oxygen atoms in total. The summed E-state index contributed by atoms with van der Waals surface area (Å²) in [7, 11) is -3.95. The Morgan fingerprint density at radius 1 is 0.918 bits per heavy atom. The number of hydrogen-bond donors (Lipinski definition) is 1. The Morgan fingerprint density at radius 3 is 2.41 bits per heavy atom. The first-order valence-electron chi connectivity index (χ1n) is 15.9. The Labute approximate surface area is 283 Å². The highest BCUT2D eigenvalue weighted by Crippen LogP contribution is 2.43. The summed E-state index contributed by atoms with van der Waals surface area (Å²) >= 11 is 0. The molecule has 0 amide bonds. The zero-order valence-corrected chi connectivity index (χ0v) is 27.6. The number of ether oxygens (including phenoxy) is 1. The van der Waals surface area contributed by atoms with Crippen LogP contribution in [0.5, 0.6) is 0 Å². The fourth-order valence-corrected chi connectivity index (χ4v) is 7.60. The van der Waals surface area contributed by atoms with Crippen LogP contribution in [0, 0.1) is 0 Å². The first kappa shape index (κ1) is 31.9. The molecule has 49 heavy (non-hydrogen) atoms. The van der Waals surface area contributed by atoms with Gasteiger partial charge in [-0.25, -0.2) is 28.2 Å². The number of anilines is 2. The lowest BCUT2D eigenvalue weighted by molar-refractivity contribution is -0.145. The number of fused-ring (bicyclic) bond motifs is 2. The summed E-state index contributed by atoms with van der Waals surface area (Å²) in [6.07, 6.45) is 3.81. The number of carbonyl (C=O) groups is 1. The van der Waals surface area contributed by atoms with E-state index in [-0.39, 0.29) is 24.1 Å². The first-order valence-corrected chi connectivity index (χ1v) is 17.3. The van der Waals surface area contributed by atoms with E-state index in [1.54, 1.807) is 31.5 Å². The van der Waals surface area contributed by atoms with Crippen molar-refractivity contribution >= 4 is 44.3 Å². The minimum atomic E-state index is -3.95. The van der Waals surface area contributed by atoms with Crippen LogP contribution in [-0.2, 0) is 19.6 Å². The van der Waals surface area contributed by atoms with Crippen molar-refractivity contribution in [2.45, 2.75) is 30.8 Å². The molecule has 4 aromatic rings. The molecular weight excluding hydrogens is 639 g/mol. The molecule has 2 aliphatic heterocycles. The summed E-state index contributed by atoms with van der Waals surface area (Å²) in [6, 6.07) is 29.5. The van der Waals surface area contributed by atoms with Gasteiger partial charge in [-0.05, 0) is 74.4 Å². The predicted octanol–water partition coefficient (Wildman–Crippen LogP) is 7.24. The van der Waals surface area contributed by atoms with E-state index in [1.807, 2.05) is 84.9 Å². The molecule has 1 N–H and O–H groups in total. The summed E-state index contributed by atoms with van der Waals surface area (Å²) in [6.45, 7) is 5.67. The van der Waals surface area contributed by atoms with Crippen LogP contribution in [0.1, 0.15) is 19.8 Å². The second-order valence-corrected chi connectivity index (χ2v) is 13.7. The lowest BCUT2D eigenvalue weighted by atomic mass is 9.93. The quantitative estimate of drug-likeness (QED) is 0.102. The van der Waals surface area contributed by atoms with Crippen LogP contribution in [0.3, 0.4) is 0 Å². The molecule has 0 atom stereocenters. The Kier molecular flexibility index (Phi) is 8.77. The van der Waals surface area contributed by atoms with Crippen molar-refractivity contribution in [1.82, 2.24) is 14.3 Å². The lowest BCUT2D eigenvalue weighted by Crippen LogP contribution is -2.41. The second-order valence-electron chi connectivity index (χ2n) is 11.8. The maximum absolute atomic E-state index is 14.3. The third-order valence-electron chi connectivity index (χ3n) is 8.33. The van der Waals surface area contributed by atoms with E-state index >= 15 is 0 Å². The van der Waals surface area contributed by atoms with Gasteiger partial charge in [-0.3, -0.25) is 0 Å². The second kappa shape index (κ2) is 13.5. The standard InChI is InChI=1S/C38H33N5O5S/c1-25(2)38(44)47-28-17-21-43(22-18-28)49(45,46)34-10-4-3-9-31(34)37-29-15-13-26(41-35-11-5-7-19-39-35)23-32(29)48-33-24-27(14-16-30(33)37)42-36-12-6-8-20-40-36/h3-16,19-20,23-24,28H,1,17-18,21-22H2,2H3,(H,39,41)/b42-27+. The number of nitrogens with one attached hydrogen (secondary N) is 1. The molecule has 4 heterocycles. The van der Waals surface area contributed by atoms with E-state index in [0.29, 0.717) is 52.3 Å². The SMILES string of the molecule is C=C(C)C(=O)OC1CCN(S(=O)(=O)c2ccccc2-c2c3cc/c(=N\c4ccccn4)cc-3oc3cc(Nc4ccccn4)ccc23)CC1. The number of pyridine rings is 2. The van der Waals surface area contributed by atoms with Gasteiger partial charge in [-0.15, -0.1) is 0 Å². The summed E-state index contributed by atoms with van der Waals surface area (Å²) < 4.78 is 42.2. The molecule has 1 saturated heterocycles. The van der Waals surface area contributed by atoms with E-state index in [2.05, 4.69) is 26.9 Å². The molecule has 11 heteroatoms. The highest BCUT2D eigenvalue weighted by molar-refractivity contribution is 7.89. The Bertz CT molecular complexity index is 2320. The number of piperidine rings is 1. The van der Waals surface area contributed by atoms with E-state index in [4.69, 9.17) is 9.15 Å². The summed E-state index contributed by atoms with van der Waals surface area (Å²) in [4.78, 5) is 25.6. The van der Waals surface area contributed by atoms with Crippen molar-refractivity contribution in [2.75, 3.05) is 18.4 Å². The number of hydrogen-bond acceptors (Lipinski definition) is 9. The third kappa shape index (κ3) is 6.71. The molecule has 246 valence electrons. The van der Waals surface area contributed by atoms with E-state index in [9.17, 15) is 13.2 Å². The number of rotatable bonds is 8. The van der Waals surface area contributed by atoms with Gasteiger partial charge in [0.05, 0.1) is 10.3 Å². The predicted molar refractivity (Wildman–Crippen MR) is 188 cm³/mol. The summed E-state index contributed by atoms with van der Waals surface area (Å²) in [5.41, 5.74) is 3.61. The van der Waals surface area contributed by atoms with Gasteiger partial charge in [0.15, 0.2) is 5.82 Å². The van der Waals surface area contributed by atoms with Crippen molar-refractivity contribution in [3.05, 3.63) is 127 Å². The zero-order chi connectivity index (χ0) is 34.0. The van der Waals surface area contributed by atoms with Crippen LogP contribution in [0.15, 0.2) is 136 Å². The van der Waals surface area contributed by atoms with Gasteiger partial charge in [0.25, 0.3) is 0 Å². The molecular formula is C38H33N5O5S. The molecule has 0 radical (unpaired) electrons. The van der Waals surface area contributed by atoms with E-state index in [1.165, 1.54) is 4.31 Å². The van der Waals surface area contributed by atoms with Crippen LogP contribution >= 0.6 is 0 Å². The van der Waals surface area contributed by atoms with Crippen LogP contribution in [0.25, 0.3) is 33.4 Å². The third-order valence-corrected chi connectivity index (χ3v) is 10.3. The highest BCUT2D eigenvalue weighted by Gasteiger charge is 2.33. The molecule has 7 rings (SSSR count). The van der Waals surface area contributed by atoms with Crippen molar-refractivity contribution in [1.29, 1.82) is 0 Å². The fourth-order valence-electron chi connectivity index (χ4n) is 5.93. The lowest BCUT2D eigenvalue weighted by Gasteiger charge is -2.31. The van der Waals surface area contributed by atoms with Gasteiger partial charge < -0.3 is 14.5 Å². The first-order chi connectivity index (χ1) is 23.8. The molecule has 2 aromatic heterocycles. The molecule has 0 unspecified atom stereocenters. The topological polar surface area (TPSA) is 127 Å². The smallest absolute Gasteiger partial charge is 0.333 e. The Hall–Kier alpha value is -5.65. The number of sulfonamides is 1. The van der Waals surface area contributed by atoms with Crippen LogP contribution in [-0.4, -0.2) is 47.9 Å². The molecule has 2 aromatic carbocycles. The monoisotopic (exact) mass is 671 g/mol. The average molecular weight is 672 g/mol. The normalized spacial score (nSPS) is 14.6. The molecule has 0 saturated carbocycles. The Morgan fingerprint density at radius 2 is 1.67 bits per heavy atom. The van der Waals surface area contributed by atoms with Gasteiger partial charge >= 0.3 is 5.97 Å². The van der Waals surface area contributed by atoms with E-state index in [0.717, 1.165) is 22.2 Å². The maximum atomic E-state index is 14.3. The van der Waals surface area contributed by atoms with Gasteiger partial charge in [0.1, 0.15) is 23.3 Å². The van der Waals surface area contributed by atoms with Crippen LogP contribution in [0.2, 0.25) is 0 Å². The maximum Gasteiger partial charge on any atom is 0.333 e. The molecule has 0 bridgehead atoms. The van der Waals surface area contributed by atoms with Crippen molar-refractivity contribution in [3.63, 3.8) is 0 Å². The van der Waals surface area contributed by atoms with Crippen LogP contribution in [0.4, 0.5) is 17.3 Å². The van der Waals surface area contributed by atoms with Crippen LogP contribution < -0.4 is 10.7 Å². The largest absolute Gasteiger partial charge is 0.459 e. The molecule has 1 aliphatic carbocycles. The zero-order valence-electron chi connectivity index (χ0n) is 26.7. The van der Waals surface area contributed by atoms with Crippen molar-refractivity contribution < 1.29 is 22.4 Å². The number of aromatic nitrogens is 2. The van der Waals surface area contributed by atoms with Gasteiger partial charge in [0, 0.05) is 71.0 Å². The number of carbonyl (C=O) groups excluding carboxylic acids is 1. The minimum Gasteiger partial charge on any atom is -0.459 e. The minimum absolute atomic E-state index is 0.180. The average Bonchev–Trinajstić information content (AvgIpc) is 3.11. The number of esters is 1. The molecule has 1 fully saturated rings. The number of benzene rings is 3. The van der Waals surface area contributed by atoms with Gasteiger partial charge in [-0.2, -0.15) is 4.31 Å². The highest BCUT2D eigenvalue weighted by atomic mass is 32.2. The van der Waals surface area contributed by atoms with E-state index < -0.39 is 16.0 Å². The van der Waals surface area contributed by atoms with Crippen molar-refractivity contribution in [2.24, 2.45) is 4.99 Å². The fraction of sp³-hybridized carbons (Fsp3) is 0.158. The summed E-state index contributed by atoms with van der Waals surface area (Å²) in [5.74, 6) is 1.30. The number of nitrogens with zero attached hydrogens (tertiary/aromatic N) is 4. The summed E-state index contributed by atoms with van der Waals surface area (Å²) in [5, 5.41) is 4.69. The van der Waals surface area contributed by atoms with Gasteiger partial charge in [-0.1, -0.05) is 36.9 Å². The van der Waals surface area contributed by atoms with Gasteiger partial charge in [0.2, 0.25) is 10.0 Å². The molecule has 3 aliphatic rings. The Balaban J connectivity index is 1.34.